The van der Waals surface area contributed by atoms with Gasteiger partial charge in [-0.2, -0.15) is 8.80 Å². The molecule has 1 aliphatic rings. The molecule has 0 radical (unpaired) electrons. The van der Waals surface area contributed by atoms with Crippen molar-refractivity contribution in [2.75, 3.05) is 0 Å². The van der Waals surface area contributed by atoms with Crippen LogP contribution in [0.4, 0.5) is 0 Å². The molecule has 0 amide bonds. The van der Waals surface area contributed by atoms with E-state index in [1.165, 1.54) is 12.4 Å². The summed E-state index contributed by atoms with van der Waals surface area (Å²) < 4.78 is 13.9. The SMILES string of the molecule is N=S1N=CC=N1. The molecule has 0 unspecified atom stereocenters. The van der Waals surface area contributed by atoms with Crippen LogP contribution in [0.5, 0.6) is 0 Å². The van der Waals surface area contributed by atoms with Crippen molar-refractivity contribution in [1.29, 1.82) is 4.78 Å². The number of hydrogen-bond acceptors (Lipinski definition) is 1. The lowest BCUT2D eigenvalue weighted by molar-refractivity contribution is 1.59. The fraction of sp³-hybridized carbons (Fsp3) is 0. The smallest absolute Gasteiger partial charge is 0.136 e. The number of rotatable bonds is 0. The fourth-order valence-electron chi connectivity index (χ4n) is 0.197. The quantitative estimate of drug-likeness (QED) is 0.458. The van der Waals surface area contributed by atoms with E-state index >= 15 is 0 Å². The molecule has 0 spiro atoms. The maximum atomic E-state index is 6.76. The van der Waals surface area contributed by atoms with Gasteiger partial charge in [-0.05, 0) is 0 Å². The summed E-state index contributed by atoms with van der Waals surface area (Å²) in [5, 5.41) is 0. The minimum absolute atomic E-state index is 0.784. The maximum Gasteiger partial charge on any atom is 0.136 e. The topological polar surface area (TPSA) is 48.6 Å². The largest absolute Gasteiger partial charge is 0.239 e. The lowest BCUT2D eigenvalue weighted by Crippen LogP contribution is -1.59. The highest BCUT2D eigenvalue weighted by molar-refractivity contribution is 7.84. The first kappa shape index (κ1) is 3.67. The average molecular weight is 101 g/mol. The van der Waals surface area contributed by atoms with Gasteiger partial charge in [0, 0.05) is 0 Å². The normalized spacial score (nSPS) is 20.0. The molecule has 0 atom stereocenters. The van der Waals surface area contributed by atoms with Gasteiger partial charge in [-0.1, -0.05) is 0 Å². The van der Waals surface area contributed by atoms with Crippen molar-refractivity contribution in [3.63, 3.8) is 0 Å². The van der Waals surface area contributed by atoms with Gasteiger partial charge in [0.15, 0.2) is 0 Å². The monoisotopic (exact) mass is 101 g/mol. The Balaban J connectivity index is 2.86. The van der Waals surface area contributed by atoms with Gasteiger partial charge >= 0.3 is 0 Å². The van der Waals surface area contributed by atoms with E-state index in [9.17, 15) is 0 Å². The van der Waals surface area contributed by atoms with E-state index in [0.29, 0.717) is 0 Å². The highest BCUT2D eigenvalue weighted by Gasteiger charge is 1.83. The van der Waals surface area contributed by atoms with Crippen LogP contribution in [-0.4, -0.2) is 12.4 Å². The molecule has 0 aliphatic carbocycles. The third-order valence-electron chi connectivity index (χ3n) is 0.388. The van der Waals surface area contributed by atoms with Gasteiger partial charge in [0.05, 0.1) is 12.4 Å². The highest BCUT2D eigenvalue weighted by atomic mass is 32.2. The van der Waals surface area contributed by atoms with Crippen LogP contribution in [0, 0.1) is 4.78 Å². The predicted octanol–water partition coefficient (Wildman–Crippen LogP) is 0.352. The highest BCUT2D eigenvalue weighted by Crippen LogP contribution is 1.87. The molecule has 0 bridgehead atoms. The Morgan fingerprint density at radius 1 is 1.33 bits per heavy atom. The lowest BCUT2D eigenvalue weighted by Gasteiger charge is -1.70. The van der Waals surface area contributed by atoms with Crippen LogP contribution in [0.1, 0.15) is 0 Å². The molecule has 32 valence electrons. The zero-order valence-corrected chi connectivity index (χ0v) is 3.77. The van der Waals surface area contributed by atoms with Crippen LogP contribution in [0.2, 0.25) is 0 Å². The van der Waals surface area contributed by atoms with Crippen LogP contribution >= 0.6 is 0 Å². The Hall–Kier alpha value is -0.510. The van der Waals surface area contributed by atoms with Crippen LogP contribution in [-0.2, 0) is 11.1 Å². The number of hydrogen-bond donors (Lipinski definition) is 1. The van der Waals surface area contributed by atoms with Crippen molar-refractivity contribution in [3.05, 3.63) is 0 Å². The summed E-state index contributed by atoms with van der Waals surface area (Å²) in [6, 6.07) is 0. The molecule has 1 aliphatic heterocycles. The van der Waals surface area contributed by atoms with Crippen molar-refractivity contribution in [2.45, 2.75) is 0 Å². The third-order valence-corrected chi connectivity index (χ3v) is 1.03. The molecule has 0 saturated carbocycles. The van der Waals surface area contributed by atoms with Crippen LogP contribution < -0.4 is 0 Å². The second-order valence-electron chi connectivity index (χ2n) is 0.773. The second-order valence-corrected chi connectivity index (χ2v) is 1.72. The van der Waals surface area contributed by atoms with Crippen LogP contribution in [0.3, 0.4) is 0 Å². The molecule has 0 saturated heterocycles. The minimum atomic E-state index is -0.784. The van der Waals surface area contributed by atoms with Crippen LogP contribution in [0.25, 0.3) is 0 Å². The molecule has 1 heterocycles. The number of nitrogens with one attached hydrogen (secondary N) is 1. The van der Waals surface area contributed by atoms with E-state index in [1.807, 2.05) is 0 Å². The van der Waals surface area contributed by atoms with Crippen LogP contribution in [0.15, 0.2) is 8.80 Å². The predicted molar refractivity (Wildman–Crippen MR) is 27.1 cm³/mol. The maximum absolute atomic E-state index is 6.76. The molecule has 0 fully saturated rings. The van der Waals surface area contributed by atoms with Gasteiger partial charge < -0.3 is 0 Å². The first-order valence-electron chi connectivity index (χ1n) is 1.42. The first-order chi connectivity index (χ1) is 2.89. The molecule has 0 aromatic heterocycles. The third kappa shape index (κ3) is 0.514. The van der Waals surface area contributed by atoms with Gasteiger partial charge in [-0.25, -0.2) is 4.78 Å². The zero-order chi connectivity index (χ0) is 4.41. The fourth-order valence-corrected chi connectivity index (χ4v) is 0.591. The lowest BCUT2D eigenvalue weighted by atomic mass is 10.9. The summed E-state index contributed by atoms with van der Waals surface area (Å²) in [6.45, 7) is 0. The number of nitrogens with zero attached hydrogens (tertiary/aromatic N) is 2. The Bertz CT molecular complexity index is 111. The Kier molecular flexibility index (Phi) is 0.795. The summed E-state index contributed by atoms with van der Waals surface area (Å²) in [4.78, 5) is 0. The van der Waals surface area contributed by atoms with Crippen molar-refractivity contribution in [1.82, 2.24) is 0 Å². The van der Waals surface area contributed by atoms with Gasteiger partial charge in [0.1, 0.15) is 11.1 Å². The summed E-state index contributed by atoms with van der Waals surface area (Å²) in [5.41, 5.74) is 0. The Labute approximate surface area is 38.0 Å². The van der Waals surface area contributed by atoms with Gasteiger partial charge in [0.25, 0.3) is 0 Å². The average Bonchev–Trinajstić information content (AvgIpc) is 1.86. The second kappa shape index (κ2) is 1.30. The molecule has 1 N–H and O–H groups in total. The van der Waals surface area contributed by atoms with Gasteiger partial charge in [-0.15, -0.1) is 0 Å². The van der Waals surface area contributed by atoms with E-state index in [2.05, 4.69) is 8.80 Å². The zero-order valence-electron chi connectivity index (χ0n) is 2.96. The van der Waals surface area contributed by atoms with Crippen molar-refractivity contribution < 1.29 is 0 Å². The molecular formula is C2H3N3S. The molecule has 0 aromatic rings. The Morgan fingerprint density at radius 3 is 2.00 bits per heavy atom. The summed E-state index contributed by atoms with van der Waals surface area (Å²) >= 11 is -0.784. The molecular weight excluding hydrogens is 98.1 g/mol. The molecule has 4 heteroatoms. The Morgan fingerprint density at radius 2 is 1.83 bits per heavy atom. The van der Waals surface area contributed by atoms with E-state index in [-0.39, 0.29) is 0 Å². The summed E-state index contributed by atoms with van der Waals surface area (Å²) in [7, 11) is 0. The van der Waals surface area contributed by atoms with E-state index in [4.69, 9.17) is 4.78 Å². The summed E-state index contributed by atoms with van der Waals surface area (Å²) in [6.07, 6.45) is 3.08. The van der Waals surface area contributed by atoms with E-state index in [0.717, 1.165) is 0 Å². The minimum Gasteiger partial charge on any atom is -0.239 e. The molecule has 3 nitrogen and oxygen atoms in total. The van der Waals surface area contributed by atoms with E-state index in [1.54, 1.807) is 0 Å². The summed E-state index contributed by atoms with van der Waals surface area (Å²) in [5.74, 6) is 0. The molecule has 0 aromatic carbocycles. The van der Waals surface area contributed by atoms with E-state index < -0.39 is 11.1 Å². The van der Waals surface area contributed by atoms with Crippen molar-refractivity contribution in [3.8, 4) is 0 Å². The standard InChI is InChI=1S/C2H3N3S/c3-6-4-1-2-5-6/h1-3H. The molecule has 1 rings (SSSR count). The van der Waals surface area contributed by atoms with Gasteiger partial charge in [-0.3, -0.25) is 0 Å². The van der Waals surface area contributed by atoms with Crippen molar-refractivity contribution >= 4 is 23.5 Å². The van der Waals surface area contributed by atoms with Crippen molar-refractivity contribution in [2.24, 2.45) is 8.80 Å². The molecule has 6 heavy (non-hydrogen) atoms. The van der Waals surface area contributed by atoms with Gasteiger partial charge in [0.2, 0.25) is 0 Å². The first-order valence-corrected chi connectivity index (χ1v) is 2.56.